The van der Waals surface area contributed by atoms with E-state index in [1.165, 1.54) is 12.8 Å². The van der Waals surface area contributed by atoms with Crippen LogP contribution in [-0.4, -0.2) is 11.6 Å². The molecule has 1 saturated carbocycles. The second-order valence-corrected chi connectivity index (χ2v) is 3.66. The molecule has 2 rings (SSSR count). The van der Waals surface area contributed by atoms with Gasteiger partial charge in [-0.25, -0.2) is 0 Å². The van der Waals surface area contributed by atoms with Gasteiger partial charge in [-0.05, 0) is 30.4 Å². The molecule has 2 heteroatoms. The molecule has 0 spiro atoms. The van der Waals surface area contributed by atoms with Gasteiger partial charge in [0.2, 0.25) is 0 Å². The van der Waals surface area contributed by atoms with E-state index >= 15 is 0 Å². The van der Waals surface area contributed by atoms with Crippen LogP contribution in [-0.2, 0) is 0 Å². The van der Waals surface area contributed by atoms with Gasteiger partial charge in [0, 0.05) is 6.20 Å². The second-order valence-electron chi connectivity index (χ2n) is 3.66. The summed E-state index contributed by atoms with van der Waals surface area (Å²) in [5.74, 6) is 2.60. The van der Waals surface area contributed by atoms with E-state index in [0.717, 1.165) is 24.2 Å². The van der Waals surface area contributed by atoms with Gasteiger partial charge >= 0.3 is 0 Å². The van der Waals surface area contributed by atoms with E-state index in [4.69, 9.17) is 4.74 Å². The molecule has 1 aliphatic rings. The fourth-order valence-corrected chi connectivity index (χ4v) is 1.65. The highest BCUT2D eigenvalue weighted by atomic mass is 16.5. The smallest absolute Gasteiger partial charge is 0.137 e. The van der Waals surface area contributed by atoms with Crippen LogP contribution in [0.25, 0.3) is 0 Å². The van der Waals surface area contributed by atoms with Crippen molar-refractivity contribution in [2.24, 2.45) is 11.8 Å². The average molecular weight is 177 g/mol. The Kier molecular flexibility index (Phi) is 2.48. The highest BCUT2D eigenvalue weighted by Crippen LogP contribution is 2.40. The van der Waals surface area contributed by atoms with Crippen molar-refractivity contribution in [1.29, 1.82) is 0 Å². The molecule has 0 aliphatic heterocycles. The molecule has 2 nitrogen and oxygen atoms in total. The molecular formula is C11H15NO. The van der Waals surface area contributed by atoms with E-state index in [2.05, 4.69) is 11.9 Å². The molecule has 1 aromatic heterocycles. The van der Waals surface area contributed by atoms with Crippen LogP contribution in [0.5, 0.6) is 5.75 Å². The Hall–Kier alpha value is -1.05. The summed E-state index contributed by atoms with van der Waals surface area (Å²) >= 11 is 0. The zero-order valence-corrected chi connectivity index (χ0v) is 7.94. The monoisotopic (exact) mass is 177 g/mol. The Bertz CT molecular complexity index is 260. The maximum Gasteiger partial charge on any atom is 0.137 e. The van der Waals surface area contributed by atoms with Gasteiger partial charge < -0.3 is 4.74 Å². The third kappa shape index (κ3) is 2.20. The van der Waals surface area contributed by atoms with Gasteiger partial charge in [-0.1, -0.05) is 13.3 Å². The van der Waals surface area contributed by atoms with Crippen molar-refractivity contribution in [3.8, 4) is 5.75 Å². The first-order valence-electron chi connectivity index (χ1n) is 4.93. The lowest BCUT2D eigenvalue weighted by molar-refractivity contribution is 0.290. The fourth-order valence-electron chi connectivity index (χ4n) is 1.65. The summed E-state index contributed by atoms with van der Waals surface area (Å²) in [5.41, 5.74) is 0. The van der Waals surface area contributed by atoms with Gasteiger partial charge in [-0.15, -0.1) is 0 Å². The molecular weight excluding hydrogens is 162 g/mol. The molecule has 1 heterocycles. The molecule has 2 atom stereocenters. The Morgan fingerprint density at radius 3 is 3.08 bits per heavy atom. The molecule has 0 N–H and O–H groups in total. The van der Waals surface area contributed by atoms with Crippen molar-refractivity contribution < 1.29 is 4.74 Å². The number of pyridine rings is 1. The average Bonchev–Trinajstić information content (AvgIpc) is 2.95. The van der Waals surface area contributed by atoms with E-state index in [1.54, 1.807) is 12.4 Å². The van der Waals surface area contributed by atoms with Crippen LogP contribution in [0, 0.1) is 11.8 Å². The summed E-state index contributed by atoms with van der Waals surface area (Å²) in [5, 5.41) is 0. The molecule has 0 unspecified atom stereocenters. The first-order chi connectivity index (χ1) is 6.40. The maximum absolute atomic E-state index is 5.60. The van der Waals surface area contributed by atoms with Crippen molar-refractivity contribution >= 4 is 0 Å². The van der Waals surface area contributed by atoms with Gasteiger partial charge in [0.05, 0.1) is 12.8 Å². The summed E-state index contributed by atoms with van der Waals surface area (Å²) in [6.45, 7) is 3.11. The molecule has 0 radical (unpaired) electrons. The Labute approximate surface area is 78.9 Å². The zero-order chi connectivity index (χ0) is 9.10. The Morgan fingerprint density at radius 2 is 2.46 bits per heavy atom. The topological polar surface area (TPSA) is 22.1 Å². The number of nitrogens with zero attached hydrogens (tertiary/aromatic N) is 1. The molecule has 1 fully saturated rings. The summed E-state index contributed by atoms with van der Waals surface area (Å²) in [6, 6.07) is 3.86. The van der Waals surface area contributed by atoms with Crippen LogP contribution in [0.2, 0.25) is 0 Å². The minimum atomic E-state index is 0.796. The van der Waals surface area contributed by atoms with Gasteiger partial charge in [0.1, 0.15) is 5.75 Å². The summed E-state index contributed by atoms with van der Waals surface area (Å²) in [6.07, 6.45) is 6.17. The summed E-state index contributed by atoms with van der Waals surface area (Å²) < 4.78 is 5.60. The molecule has 0 saturated heterocycles. The van der Waals surface area contributed by atoms with E-state index < -0.39 is 0 Å². The quantitative estimate of drug-likeness (QED) is 0.705. The number of hydrogen-bond donors (Lipinski definition) is 0. The lowest BCUT2D eigenvalue weighted by Crippen LogP contribution is -2.00. The summed E-state index contributed by atoms with van der Waals surface area (Å²) in [7, 11) is 0. The van der Waals surface area contributed by atoms with Crippen LogP contribution in [0.1, 0.15) is 19.8 Å². The van der Waals surface area contributed by atoms with E-state index in [0.29, 0.717) is 0 Å². The molecule has 70 valence electrons. The van der Waals surface area contributed by atoms with E-state index in [9.17, 15) is 0 Å². The first kappa shape index (κ1) is 8.54. The lowest BCUT2D eigenvalue weighted by Gasteiger charge is -2.03. The third-order valence-electron chi connectivity index (χ3n) is 2.69. The van der Waals surface area contributed by atoms with Crippen LogP contribution in [0.4, 0.5) is 0 Å². The van der Waals surface area contributed by atoms with Gasteiger partial charge in [0.15, 0.2) is 0 Å². The van der Waals surface area contributed by atoms with Crippen LogP contribution in [0.15, 0.2) is 24.5 Å². The number of hydrogen-bond acceptors (Lipinski definition) is 2. The minimum Gasteiger partial charge on any atom is -0.492 e. The van der Waals surface area contributed by atoms with Gasteiger partial charge in [0.25, 0.3) is 0 Å². The van der Waals surface area contributed by atoms with Crippen LogP contribution in [0.3, 0.4) is 0 Å². The van der Waals surface area contributed by atoms with Crippen molar-refractivity contribution in [3.63, 3.8) is 0 Å². The van der Waals surface area contributed by atoms with Crippen molar-refractivity contribution in [2.45, 2.75) is 19.8 Å². The largest absolute Gasteiger partial charge is 0.492 e. The van der Waals surface area contributed by atoms with Crippen molar-refractivity contribution in [2.75, 3.05) is 6.61 Å². The summed E-state index contributed by atoms with van der Waals surface area (Å²) in [4.78, 5) is 4.00. The third-order valence-corrected chi connectivity index (χ3v) is 2.69. The van der Waals surface area contributed by atoms with Crippen molar-refractivity contribution in [1.82, 2.24) is 4.98 Å². The van der Waals surface area contributed by atoms with E-state index in [-0.39, 0.29) is 0 Å². The number of aromatic nitrogens is 1. The standard InChI is InChI=1S/C11H15NO/c1-2-9-6-10(9)8-13-11-4-3-5-12-7-11/h3-5,7,9-10H,2,6,8H2,1H3/t9-,10+/m1/s1. The molecule has 1 aliphatic carbocycles. The number of ether oxygens (including phenoxy) is 1. The van der Waals surface area contributed by atoms with Crippen molar-refractivity contribution in [3.05, 3.63) is 24.5 Å². The molecule has 0 aromatic carbocycles. The first-order valence-corrected chi connectivity index (χ1v) is 4.93. The van der Waals surface area contributed by atoms with Crippen LogP contribution >= 0.6 is 0 Å². The predicted octanol–water partition coefficient (Wildman–Crippen LogP) is 2.51. The van der Waals surface area contributed by atoms with Gasteiger partial charge in [-0.2, -0.15) is 0 Å². The number of rotatable bonds is 4. The Morgan fingerprint density at radius 1 is 1.54 bits per heavy atom. The van der Waals surface area contributed by atoms with E-state index in [1.807, 2.05) is 12.1 Å². The second kappa shape index (κ2) is 3.77. The lowest BCUT2D eigenvalue weighted by atomic mass is 10.3. The zero-order valence-electron chi connectivity index (χ0n) is 7.94. The fraction of sp³-hybridized carbons (Fsp3) is 0.545. The maximum atomic E-state index is 5.60. The minimum absolute atomic E-state index is 0.796. The SMILES string of the molecule is CC[C@@H]1C[C@H]1COc1cccnc1. The molecule has 0 amide bonds. The van der Waals surface area contributed by atoms with Gasteiger partial charge in [-0.3, -0.25) is 4.98 Å². The highest BCUT2D eigenvalue weighted by Gasteiger charge is 2.35. The molecule has 0 bridgehead atoms. The highest BCUT2D eigenvalue weighted by molar-refractivity contribution is 5.15. The normalized spacial score (nSPS) is 25.6. The predicted molar refractivity (Wildman–Crippen MR) is 51.6 cm³/mol. The van der Waals surface area contributed by atoms with Crippen LogP contribution < -0.4 is 4.74 Å². The molecule has 1 aromatic rings. The Balaban J connectivity index is 1.75. The molecule has 13 heavy (non-hydrogen) atoms.